The number of hydrogen-bond donors (Lipinski definition) is 2. The number of nitrogens with zero attached hydrogens (tertiary/aromatic N) is 4. The van der Waals surface area contributed by atoms with E-state index >= 15 is 0 Å². The zero-order valence-corrected chi connectivity index (χ0v) is 11.6. The summed E-state index contributed by atoms with van der Waals surface area (Å²) in [6, 6.07) is -0.263. The zero-order valence-electron chi connectivity index (χ0n) is 10.9. The van der Waals surface area contributed by atoms with Gasteiger partial charge in [0.2, 0.25) is 0 Å². The Morgan fingerprint density at radius 1 is 1.47 bits per heavy atom. The second kappa shape index (κ2) is 6.16. The monoisotopic (exact) mass is 284 g/mol. The first-order chi connectivity index (χ1) is 9.17. The van der Waals surface area contributed by atoms with E-state index in [2.05, 4.69) is 15.6 Å². The lowest BCUT2D eigenvalue weighted by Gasteiger charge is -2.17. The van der Waals surface area contributed by atoms with Crippen molar-refractivity contribution in [3.05, 3.63) is 34.9 Å². The van der Waals surface area contributed by atoms with Gasteiger partial charge in [0, 0.05) is 25.9 Å². The van der Waals surface area contributed by atoms with Crippen LogP contribution < -0.4 is 11.3 Å². The molecule has 3 N–H and O–H groups in total. The number of hydrogen-bond acceptors (Lipinski definition) is 5. The number of ether oxygens (including phenoxy) is 1. The molecule has 7 nitrogen and oxygen atoms in total. The van der Waals surface area contributed by atoms with Crippen molar-refractivity contribution >= 4 is 11.6 Å². The van der Waals surface area contributed by atoms with Gasteiger partial charge in [0.25, 0.3) is 0 Å². The molecule has 104 valence electrons. The minimum absolute atomic E-state index is 0.263. The highest BCUT2D eigenvalue weighted by molar-refractivity contribution is 6.31. The summed E-state index contributed by atoms with van der Waals surface area (Å²) in [7, 11) is 3.49. The molecule has 0 aliphatic heterocycles. The third-order valence-electron chi connectivity index (χ3n) is 2.84. The molecule has 0 aliphatic rings. The fourth-order valence-electron chi connectivity index (χ4n) is 1.94. The lowest BCUT2D eigenvalue weighted by Crippen LogP contribution is -2.31. The van der Waals surface area contributed by atoms with Crippen LogP contribution in [0.15, 0.2) is 18.6 Å². The Labute approximate surface area is 116 Å². The second-order valence-corrected chi connectivity index (χ2v) is 4.55. The summed E-state index contributed by atoms with van der Waals surface area (Å²) in [5.74, 6) is 5.65. The summed E-state index contributed by atoms with van der Waals surface area (Å²) >= 11 is 6.21. The predicted molar refractivity (Wildman–Crippen MR) is 71.5 cm³/mol. The average Bonchev–Trinajstić information content (AvgIpc) is 2.97. The Balaban J connectivity index is 2.34. The Morgan fingerprint density at radius 3 is 2.84 bits per heavy atom. The van der Waals surface area contributed by atoms with Gasteiger partial charge in [0.05, 0.1) is 42.3 Å². The number of hydrazine groups is 1. The SMILES string of the molecule is COCCn1ncc(Cl)c1C(NN)c1cnn(C)c1. The van der Waals surface area contributed by atoms with E-state index in [-0.39, 0.29) is 6.04 Å². The molecule has 1 unspecified atom stereocenters. The fourth-order valence-corrected chi connectivity index (χ4v) is 2.19. The maximum atomic E-state index is 6.21. The fraction of sp³-hybridized carbons (Fsp3) is 0.455. The van der Waals surface area contributed by atoms with Crippen LogP contribution in [-0.4, -0.2) is 33.3 Å². The van der Waals surface area contributed by atoms with Crippen molar-refractivity contribution in [1.29, 1.82) is 0 Å². The molecule has 0 amide bonds. The van der Waals surface area contributed by atoms with E-state index in [9.17, 15) is 0 Å². The molecule has 2 aromatic rings. The minimum atomic E-state index is -0.263. The van der Waals surface area contributed by atoms with Crippen molar-refractivity contribution in [3.63, 3.8) is 0 Å². The van der Waals surface area contributed by atoms with E-state index in [1.54, 1.807) is 28.9 Å². The van der Waals surface area contributed by atoms with E-state index in [0.717, 1.165) is 11.3 Å². The molecule has 19 heavy (non-hydrogen) atoms. The molecule has 0 bridgehead atoms. The van der Waals surface area contributed by atoms with E-state index in [1.165, 1.54) is 0 Å². The number of nitrogens with one attached hydrogen (secondary N) is 1. The van der Waals surface area contributed by atoms with Gasteiger partial charge in [-0.15, -0.1) is 0 Å². The quantitative estimate of drug-likeness (QED) is 0.595. The topological polar surface area (TPSA) is 82.9 Å². The van der Waals surface area contributed by atoms with Gasteiger partial charge in [-0.05, 0) is 0 Å². The average molecular weight is 285 g/mol. The summed E-state index contributed by atoms with van der Waals surface area (Å²) < 4.78 is 8.55. The molecule has 0 saturated carbocycles. The van der Waals surface area contributed by atoms with Gasteiger partial charge in [0.1, 0.15) is 0 Å². The standard InChI is InChI=1S/C11H17ClN6O/c1-17-7-8(5-14-17)10(16-13)11-9(12)6-15-18(11)3-4-19-2/h5-7,10,16H,3-4,13H2,1-2H3. The van der Waals surface area contributed by atoms with Gasteiger partial charge in [-0.3, -0.25) is 15.2 Å². The highest BCUT2D eigenvalue weighted by Gasteiger charge is 2.22. The number of halogens is 1. The first-order valence-corrected chi connectivity index (χ1v) is 6.20. The number of rotatable bonds is 6. The Hall–Kier alpha value is -1.41. The van der Waals surface area contributed by atoms with Crippen LogP contribution in [0.5, 0.6) is 0 Å². The smallest absolute Gasteiger partial charge is 0.0923 e. The molecular weight excluding hydrogens is 268 g/mol. The molecule has 1 atom stereocenters. The summed E-state index contributed by atoms with van der Waals surface area (Å²) in [4.78, 5) is 0. The van der Waals surface area contributed by atoms with Crippen LogP contribution in [0, 0.1) is 0 Å². The molecule has 0 saturated heterocycles. The number of aryl methyl sites for hydroxylation is 1. The summed E-state index contributed by atoms with van der Waals surface area (Å²) in [6.45, 7) is 1.16. The zero-order chi connectivity index (χ0) is 13.8. The van der Waals surface area contributed by atoms with Crippen molar-refractivity contribution in [2.24, 2.45) is 12.9 Å². The minimum Gasteiger partial charge on any atom is -0.383 e. The normalized spacial score (nSPS) is 12.8. The molecule has 0 fully saturated rings. The molecule has 0 radical (unpaired) electrons. The van der Waals surface area contributed by atoms with E-state index in [4.69, 9.17) is 22.2 Å². The maximum absolute atomic E-state index is 6.21. The molecule has 2 heterocycles. The summed E-state index contributed by atoms with van der Waals surface area (Å²) in [5, 5.41) is 8.94. The van der Waals surface area contributed by atoms with Crippen LogP contribution in [0.1, 0.15) is 17.3 Å². The van der Waals surface area contributed by atoms with Gasteiger partial charge in [-0.25, -0.2) is 5.43 Å². The van der Waals surface area contributed by atoms with Crippen LogP contribution in [-0.2, 0) is 18.3 Å². The largest absolute Gasteiger partial charge is 0.383 e. The van der Waals surface area contributed by atoms with E-state index in [0.29, 0.717) is 18.2 Å². The van der Waals surface area contributed by atoms with Gasteiger partial charge in [-0.1, -0.05) is 11.6 Å². The lowest BCUT2D eigenvalue weighted by molar-refractivity contribution is 0.182. The molecule has 0 aliphatic carbocycles. The van der Waals surface area contributed by atoms with Crippen molar-refractivity contribution < 1.29 is 4.74 Å². The van der Waals surface area contributed by atoms with Crippen LogP contribution in [0.3, 0.4) is 0 Å². The van der Waals surface area contributed by atoms with Crippen LogP contribution in [0.25, 0.3) is 0 Å². The first kappa shape index (κ1) is 14.0. The van der Waals surface area contributed by atoms with Gasteiger partial charge >= 0.3 is 0 Å². The first-order valence-electron chi connectivity index (χ1n) is 5.82. The van der Waals surface area contributed by atoms with Crippen LogP contribution in [0.2, 0.25) is 5.02 Å². The Bertz CT molecular complexity index is 537. The van der Waals surface area contributed by atoms with E-state index < -0.39 is 0 Å². The number of nitrogens with two attached hydrogens (primary N) is 1. The van der Waals surface area contributed by atoms with E-state index in [1.807, 2.05) is 13.2 Å². The van der Waals surface area contributed by atoms with Crippen LogP contribution >= 0.6 is 11.6 Å². The predicted octanol–water partition coefficient (Wildman–Crippen LogP) is 0.469. The van der Waals surface area contributed by atoms with Crippen molar-refractivity contribution in [2.75, 3.05) is 13.7 Å². The molecule has 8 heteroatoms. The van der Waals surface area contributed by atoms with Crippen molar-refractivity contribution in [1.82, 2.24) is 25.0 Å². The number of methoxy groups -OCH3 is 1. The third kappa shape index (κ3) is 2.95. The molecule has 0 spiro atoms. The lowest BCUT2D eigenvalue weighted by atomic mass is 10.1. The second-order valence-electron chi connectivity index (χ2n) is 4.14. The van der Waals surface area contributed by atoms with Gasteiger partial charge in [0.15, 0.2) is 0 Å². The van der Waals surface area contributed by atoms with Gasteiger partial charge in [-0.2, -0.15) is 10.2 Å². The van der Waals surface area contributed by atoms with Gasteiger partial charge < -0.3 is 4.74 Å². The van der Waals surface area contributed by atoms with Crippen molar-refractivity contribution in [2.45, 2.75) is 12.6 Å². The highest BCUT2D eigenvalue weighted by atomic mass is 35.5. The molecule has 2 aromatic heterocycles. The Kier molecular flexibility index (Phi) is 4.54. The summed E-state index contributed by atoms with van der Waals surface area (Å²) in [6.07, 6.45) is 5.23. The van der Waals surface area contributed by atoms with Crippen molar-refractivity contribution in [3.8, 4) is 0 Å². The van der Waals surface area contributed by atoms with Crippen LogP contribution in [0.4, 0.5) is 0 Å². The maximum Gasteiger partial charge on any atom is 0.0923 e. The molecule has 2 rings (SSSR count). The molecule has 0 aromatic carbocycles. The molecular formula is C11H17ClN6O. The summed E-state index contributed by atoms with van der Waals surface area (Å²) in [5.41, 5.74) is 4.47. The third-order valence-corrected chi connectivity index (χ3v) is 3.13. The Morgan fingerprint density at radius 2 is 2.26 bits per heavy atom. The number of aromatic nitrogens is 4. The highest BCUT2D eigenvalue weighted by Crippen LogP contribution is 2.27.